The molecule has 0 N–H and O–H groups in total. The van der Waals surface area contributed by atoms with Crippen LogP contribution in [0.15, 0.2) is 42.0 Å². The van der Waals surface area contributed by atoms with E-state index in [1.807, 2.05) is 18.2 Å². The molecule has 5 atom stereocenters. The molecule has 2 saturated heterocycles. The smallest absolute Gasteiger partial charge is 0.338 e. The van der Waals surface area contributed by atoms with E-state index in [2.05, 4.69) is 19.9 Å². The summed E-state index contributed by atoms with van der Waals surface area (Å²) >= 11 is 0. The minimum atomic E-state index is -0.250. The summed E-state index contributed by atoms with van der Waals surface area (Å²) in [6.07, 6.45) is 6.57. The normalized spacial score (nSPS) is 42.9. The van der Waals surface area contributed by atoms with E-state index < -0.39 is 0 Å². The lowest BCUT2D eigenvalue weighted by Gasteiger charge is -2.57. The van der Waals surface area contributed by atoms with Crippen LogP contribution in [0.25, 0.3) is 0 Å². The zero-order valence-electron chi connectivity index (χ0n) is 15.5. The summed E-state index contributed by atoms with van der Waals surface area (Å²) in [5.74, 6) is -0.250. The topological polar surface area (TPSA) is 48.1 Å². The highest BCUT2D eigenvalue weighted by atomic mass is 16.6. The number of rotatable bonds is 3. The summed E-state index contributed by atoms with van der Waals surface area (Å²) in [6.45, 7) is 5.69. The molecule has 138 valence electrons. The van der Waals surface area contributed by atoms with Crippen molar-refractivity contribution >= 4 is 5.97 Å². The van der Waals surface area contributed by atoms with Gasteiger partial charge in [-0.15, -0.1) is 0 Å². The molecule has 2 heterocycles. The van der Waals surface area contributed by atoms with Crippen LogP contribution in [0, 0.1) is 10.8 Å². The van der Waals surface area contributed by atoms with Crippen molar-refractivity contribution in [3.63, 3.8) is 0 Å². The molecule has 4 nitrogen and oxygen atoms in total. The van der Waals surface area contributed by atoms with Gasteiger partial charge in [0.15, 0.2) is 0 Å². The summed E-state index contributed by atoms with van der Waals surface area (Å²) in [7, 11) is 0. The quantitative estimate of drug-likeness (QED) is 0.469. The zero-order chi connectivity index (χ0) is 18.0. The molecular weight excluding hydrogens is 328 g/mol. The fraction of sp³-hybridized carbons (Fsp3) is 0.591. The van der Waals surface area contributed by atoms with Crippen molar-refractivity contribution in [1.29, 1.82) is 0 Å². The summed E-state index contributed by atoms with van der Waals surface area (Å²) in [4.78, 5) is 12.6. The van der Waals surface area contributed by atoms with Gasteiger partial charge in [-0.25, -0.2) is 4.79 Å². The van der Waals surface area contributed by atoms with Gasteiger partial charge in [0.2, 0.25) is 0 Å². The van der Waals surface area contributed by atoms with Gasteiger partial charge in [0, 0.05) is 10.8 Å². The van der Waals surface area contributed by atoms with Crippen LogP contribution in [-0.2, 0) is 14.2 Å². The molecule has 0 radical (unpaired) electrons. The summed E-state index contributed by atoms with van der Waals surface area (Å²) in [5, 5.41) is 0. The van der Waals surface area contributed by atoms with Gasteiger partial charge in [0.25, 0.3) is 0 Å². The van der Waals surface area contributed by atoms with Crippen LogP contribution < -0.4 is 0 Å². The molecule has 2 aliphatic carbocycles. The van der Waals surface area contributed by atoms with E-state index >= 15 is 0 Å². The van der Waals surface area contributed by atoms with Crippen molar-refractivity contribution in [2.24, 2.45) is 10.8 Å². The van der Waals surface area contributed by atoms with Gasteiger partial charge in [0.05, 0.1) is 24.4 Å². The largest absolute Gasteiger partial charge is 0.461 e. The molecule has 4 heteroatoms. The van der Waals surface area contributed by atoms with Gasteiger partial charge in [-0.2, -0.15) is 0 Å². The maximum Gasteiger partial charge on any atom is 0.338 e. The molecule has 2 bridgehead atoms. The Balaban J connectivity index is 1.48. The third kappa shape index (κ3) is 2.00. The molecule has 1 aromatic carbocycles. The first-order valence-corrected chi connectivity index (χ1v) is 9.70. The van der Waals surface area contributed by atoms with Crippen LogP contribution in [0.1, 0.15) is 49.9 Å². The van der Waals surface area contributed by atoms with Gasteiger partial charge in [-0.1, -0.05) is 36.8 Å². The van der Waals surface area contributed by atoms with Gasteiger partial charge in [-0.05, 0) is 44.7 Å². The molecule has 2 aliphatic heterocycles. The van der Waals surface area contributed by atoms with Gasteiger partial charge < -0.3 is 14.2 Å². The number of carbonyl (C=O) groups is 1. The van der Waals surface area contributed by atoms with Crippen molar-refractivity contribution in [2.75, 3.05) is 13.2 Å². The number of allylic oxidation sites excluding steroid dienone is 1. The first-order valence-electron chi connectivity index (χ1n) is 9.70. The van der Waals surface area contributed by atoms with E-state index in [4.69, 9.17) is 14.2 Å². The number of esters is 1. The second-order valence-electron chi connectivity index (χ2n) is 8.71. The highest BCUT2D eigenvalue weighted by Crippen LogP contribution is 2.71. The fourth-order valence-electron chi connectivity index (χ4n) is 5.82. The first kappa shape index (κ1) is 16.5. The molecule has 3 fully saturated rings. The van der Waals surface area contributed by atoms with Crippen molar-refractivity contribution in [3.05, 3.63) is 47.5 Å². The first-order chi connectivity index (χ1) is 12.5. The Labute approximate surface area is 154 Å². The second kappa shape index (κ2) is 5.43. The molecule has 0 amide bonds. The molecule has 1 saturated carbocycles. The van der Waals surface area contributed by atoms with Crippen LogP contribution >= 0.6 is 0 Å². The van der Waals surface area contributed by atoms with Crippen LogP contribution in [0.3, 0.4) is 0 Å². The summed E-state index contributed by atoms with van der Waals surface area (Å²) in [6, 6.07) is 9.24. The Morgan fingerprint density at radius 2 is 2.04 bits per heavy atom. The summed E-state index contributed by atoms with van der Waals surface area (Å²) in [5.41, 5.74) is 1.59. The molecule has 1 spiro atoms. The number of hydrogen-bond acceptors (Lipinski definition) is 4. The number of hydrogen-bond donors (Lipinski definition) is 0. The van der Waals surface area contributed by atoms with E-state index in [9.17, 15) is 4.79 Å². The number of fused-ring (bicyclic) bond motifs is 2. The molecule has 0 aromatic heterocycles. The highest BCUT2D eigenvalue weighted by Gasteiger charge is 2.78. The number of ether oxygens (including phenoxy) is 3. The molecule has 4 unspecified atom stereocenters. The van der Waals surface area contributed by atoms with Crippen LogP contribution in [-0.4, -0.2) is 37.0 Å². The lowest BCUT2D eigenvalue weighted by molar-refractivity contribution is -0.211. The summed E-state index contributed by atoms with van der Waals surface area (Å²) < 4.78 is 18.5. The van der Waals surface area contributed by atoms with E-state index in [0.29, 0.717) is 12.2 Å². The Morgan fingerprint density at radius 3 is 2.77 bits per heavy atom. The van der Waals surface area contributed by atoms with Gasteiger partial charge in [0.1, 0.15) is 12.2 Å². The maximum atomic E-state index is 12.6. The van der Waals surface area contributed by atoms with Crippen LogP contribution in [0.5, 0.6) is 0 Å². The standard InChI is InChI=1S/C22H26O4/c1-15-8-11-21(13-24-19(23)16-6-4-3-5-7-16)18(12-15)26-17-9-10-20(21,2)22(17)14-25-22/h3-7,12,17-18H,8-11,13-14H2,1-2H3/t17?,18?,20-,21?,22?/m1/s1. The lowest BCUT2D eigenvalue weighted by atomic mass is 9.52. The number of carbonyl (C=O) groups excluding carboxylic acids is 1. The second-order valence-corrected chi connectivity index (χ2v) is 8.71. The zero-order valence-corrected chi connectivity index (χ0v) is 15.5. The van der Waals surface area contributed by atoms with Crippen molar-refractivity contribution in [2.45, 2.75) is 57.3 Å². The lowest BCUT2D eigenvalue weighted by Crippen LogP contribution is -2.64. The molecule has 26 heavy (non-hydrogen) atoms. The Hall–Kier alpha value is -1.65. The van der Waals surface area contributed by atoms with Gasteiger partial charge in [-0.3, -0.25) is 0 Å². The average molecular weight is 354 g/mol. The SMILES string of the molecule is CC1=CC2OC3CC[C@](C)(C2(COC(=O)c2ccccc2)CC1)C31CO1. The Bertz CT molecular complexity index is 766. The van der Waals surface area contributed by atoms with Crippen molar-refractivity contribution < 1.29 is 19.0 Å². The highest BCUT2D eigenvalue weighted by molar-refractivity contribution is 5.89. The predicted octanol–water partition coefficient (Wildman–Crippen LogP) is 3.91. The van der Waals surface area contributed by atoms with Gasteiger partial charge >= 0.3 is 5.97 Å². The van der Waals surface area contributed by atoms with Crippen molar-refractivity contribution in [1.82, 2.24) is 0 Å². The van der Waals surface area contributed by atoms with Crippen LogP contribution in [0.4, 0.5) is 0 Å². The fourth-order valence-corrected chi connectivity index (χ4v) is 5.82. The van der Waals surface area contributed by atoms with E-state index in [-0.39, 0.29) is 34.6 Å². The Kier molecular flexibility index (Phi) is 3.45. The number of benzene rings is 1. The van der Waals surface area contributed by atoms with E-state index in [0.717, 1.165) is 32.3 Å². The minimum absolute atomic E-state index is 0.00662. The third-order valence-electron chi connectivity index (χ3n) is 7.64. The minimum Gasteiger partial charge on any atom is -0.461 e. The monoisotopic (exact) mass is 354 g/mol. The third-order valence-corrected chi connectivity index (χ3v) is 7.64. The maximum absolute atomic E-state index is 12.6. The number of epoxide rings is 1. The molecule has 5 rings (SSSR count). The van der Waals surface area contributed by atoms with Crippen LogP contribution in [0.2, 0.25) is 0 Å². The molecule has 1 aromatic rings. The van der Waals surface area contributed by atoms with E-state index in [1.54, 1.807) is 12.1 Å². The van der Waals surface area contributed by atoms with E-state index in [1.165, 1.54) is 5.57 Å². The molecular formula is C22H26O4. The average Bonchev–Trinajstić information content (AvgIpc) is 3.42. The predicted molar refractivity (Wildman–Crippen MR) is 96.8 cm³/mol. The van der Waals surface area contributed by atoms with Crippen molar-refractivity contribution in [3.8, 4) is 0 Å². The Morgan fingerprint density at radius 1 is 1.27 bits per heavy atom. The molecule has 4 aliphatic rings.